The summed E-state index contributed by atoms with van der Waals surface area (Å²) in [6.45, 7) is 0.0153. The molecule has 0 aliphatic carbocycles. The van der Waals surface area contributed by atoms with Crippen LogP contribution < -0.4 is 10.0 Å². The summed E-state index contributed by atoms with van der Waals surface area (Å²) in [6.07, 6.45) is 0. The lowest BCUT2D eigenvalue weighted by atomic mass is 10.3. The van der Waals surface area contributed by atoms with Crippen LogP contribution in [0.5, 0.6) is 0 Å². The molecule has 0 fully saturated rings. The van der Waals surface area contributed by atoms with E-state index in [4.69, 9.17) is 5.11 Å². The van der Waals surface area contributed by atoms with Gasteiger partial charge in [0.1, 0.15) is 6.04 Å². The van der Waals surface area contributed by atoms with Gasteiger partial charge >= 0.3 is 5.97 Å². The van der Waals surface area contributed by atoms with Crippen LogP contribution >= 0.6 is 0 Å². The predicted molar refractivity (Wildman–Crippen MR) is 62.1 cm³/mol. The monoisotopic (exact) mass is 258 g/mol. The van der Waals surface area contributed by atoms with Crippen LogP contribution in [0.1, 0.15) is 0 Å². The Morgan fingerprint density at radius 2 is 1.94 bits per heavy atom. The highest BCUT2D eigenvalue weighted by atomic mass is 32.2. The number of carbonyl (C=O) groups is 1. The van der Waals surface area contributed by atoms with Crippen LogP contribution in [0.2, 0.25) is 0 Å². The van der Waals surface area contributed by atoms with E-state index in [9.17, 15) is 13.2 Å². The SMILES string of the molecule is CNC[C@H](NS(=O)(=O)c1ccccc1)C(=O)O. The minimum absolute atomic E-state index is 0.0153. The Morgan fingerprint density at radius 1 is 1.35 bits per heavy atom. The lowest BCUT2D eigenvalue weighted by Crippen LogP contribution is -2.46. The van der Waals surface area contributed by atoms with E-state index >= 15 is 0 Å². The number of carboxylic acid groups (broad SMARTS) is 1. The maximum absolute atomic E-state index is 11.8. The molecule has 1 rings (SSSR count). The molecule has 0 saturated heterocycles. The number of aliphatic carboxylic acids is 1. The summed E-state index contributed by atoms with van der Waals surface area (Å²) < 4.78 is 25.8. The number of rotatable bonds is 6. The largest absolute Gasteiger partial charge is 0.480 e. The van der Waals surface area contributed by atoms with E-state index in [2.05, 4.69) is 10.0 Å². The molecule has 94 valence electrons. The molecule has 0 radical (unpaired) electrons. The summed E-state index contributed by atoms with van der Waals surface area (Å²) in [5.41, 5.74) is 0. The average Bonchev–Trinajstić information content (AvgIpc) is 2.29. The van der Waals surface area contributed by atoms with Gasteiger partial charge in [-0.05, 0) is 19.2 Å². The molecule has 1 atom stereocenters. The van der Waals surface area contributed by atoms with Crippen molar-refractivity contribution < 1.29 is 18.3 Å². The smallest absolute Gasteiger partial charge is 0.323 e. The molecule has 0 aromatic heterocycles. The van der Waals surface area contributed by atoms with Crippen LogP contribution in [-0.4, -0.2) is 39.1 Å². The molecular formula is C10H14N2O4S. The first-order valence-corrected chi connectivity index (χ1v) is 6.40. The van der Waals surface area contributed by atoms with Crippen LogP contribution in [0.4, 0.5) is 0 Å². The number of nitrogens with one attached hydrogen (secondary N) is 2. The van der Waals surface area contributed by atoms with Gasteiger partial charge in [0.25, 0.3) is 0 Å². The molecule has 0 saturated carbocycles. The van der Waals surface area contributed by atoms with E-state index in [0.29, 0.717) is 0 Å². The Labute approximate surface area is 99.7 Å². The molecule has 17 heavy (non-hydrogen) atoms. The second-order valence-corrected chi connectivity index (χ2v) is 5.10. The Kier molecular flexibility index (Phi) is 4.62. The van der Waals surface area contributed by atoms with E-state index in [1.165, 1.54) is 12.1 Å². The van der Waals surface area contributed by atoms with E-state index in [1.54, 1.807) is 25.2 Å². The third-order valence-electron chi connectivity index (χ3n) is 2.06. The Hall–Kier alpha value is -1.44. The van der Waals surface area contributed by atoms with Gasteiger partial charge in [-0.2, -0.15) is 4.72 Å². The summed E-state index contributed by atoms with van der Waals surface area (Å²) in [5, 5.41) is 11.5. The van der Waals surface area contributed by atoms with Gasteiger partial charge < -0.3 is 10.4 Å². The molecule has 0 aliphatic heterocycles. The summed E-state index contributed by atoms with van der Waals surface area (Å²) in [7, 11) is -2.25. The highest BCUT2D eigenvalue weighted by Crippen LogP contribution is 2.07. The maximum atomic E-state index is 11.8. The summed E-state index contributed by atoms with van der Waals surface area (Å²) in [6, 6.07) is 6.44. The molecule has 7 heteroatoms. The fraction of sp³-hybridized carbons (Fsp3) is 0.300. The molecule has 3 N–H and O–H groups in total. The van der Waals surface area contributed by atoms with Gasteiger partial charge in [0.05, 0.1) is 4.90 Å². The van der Waals surface area contributed by atoms with Crippen LogP contribution in [0.15, 0.2) is 35.2 Å². The first kappa shape index (κ1) is 13.6. The van der Waals surface area contributed by atoms with Gasteiger partial charge in [-0.25, -0.2) is 8.42 Å². The second-order valence-electron chi connectivity index (χ2n) is 3.38. The molecule has 1 aromatic carbocycles. The Bertz CT molecular complexity index is 472. The number of hydrogen-bond donors (Lipinski definition) is 3. The third-order valence-corrected chi connectivity index (χ3v) is 3.54. The lowest BCUT2D eigenvalue weighted by molar-refractivity contribution is -0.138. The van der Waals surface area contributed by atoms with E-state index < -0.39 is 22.0 Å². The number of carboxylic acids is 1. The van der Waals surface area contributed by atoms with Crippen molar-refractivity contribution in [2.75, 3.05) is 13.6 Å². The minimum Gasteiger partial charge on any atom is -0.480 e. The van der Waals surface area contributed by atoms with Gasteiger partial charge in [0.2, 0.25) is 10.0 Å². The van der Waals surface area contributed by atoms with Gasteiger partial charge in [-0.15, -0.1) is 0 Å². The van der Waals surface area contributed by atoms with Gasteiger partial charge in [-0.1, -0.05) is 18.2 Å². The van der Waals surface area contributed by atoms with Gasteiger partial charge in [0, 0.05) is 6.54 Å². The lowest BCUT2D eigenvalue weighted by Gasteiger charge is -2.14. The molecular weight excluding hydrogens is 244 g/mol. The van der Waals surface area contributed by atoms with Crippen LogP contribution in [0.25, 0.3) is 0 Å². The summed E-state index contributed by atoms with van der Waals surface area (Å²) >= 11 is 0. The molecule has 1 aromatic rings. The van der Waals surface area contributed by atoms with Crippen molar-refractivity contribution in [3.05, 3.63) is 30.3 Å². The second kappa shape index (κ2) is 5.76. The fourth-order valence-electron chi connectivity index (χ4n) is 1.24. The summed E-state index contributed by atoms with van der Waals surface area (Å²) in [5.74, 6) is -1.22. The summed E-state index contributed by atoms with van der Waals surface area (Å²) in [4.78, 5) is 10.9. The van der Waals surface area contributed by atoms with Crippen molar-refractivity contribution >= 4 is 16.0 Å². The zero-order valence-electron chi connectivity index (χ0n) is 9.25. The van der Waals surface area contributed by atoms with Crippen molar-refractivity contribution in [2.24, 2.45) is 0 Å². The highest BCUT2D eigenvalue weighted by molar-refractivity contribution is 7.89. The first-order valence-electron chi connectivity index (χ1n) is 4.92. The van der Waals surface area contributed by atoms with Crippen molar-refractivity contribution in [3.63, 3.8) is 0 Å². The Morgan fingerprint density at radius 3 is 2.41 bits per heavy atom. The van der Waals surface area contributed by atoms with E-state index in [0.717, 1.165) is 0 Å². The van der Waals surface area contributed by atoms with Gasteiger partial charge in [0.15, 0.2) is 0 Å². The molecule has 0 bridgehead atoms. The zero-order chi connectivity index (χ0) is 12.9. The van der Waals surface area contributed by atoms with Crippen LogP contribution in [0, 0.1) is 0 Å². The molecule has 0 aliphatic rings. The normalized spacial score (nSPS) is 13.2. The van der Waals surface area contributed by atoms with Crippen molar-refractivity contribution in [2.45, 2.75) is 10.9 Å². The minimum atomic E-state index is -3.80. The molecule has 0 heterocycles. The number of hydrogen-bond acceptors (Lipinski definition) is 4. The fourth-order valence-corrected chi connectivity index (χ4v) is 2.45. The van der Waals surface area contributed by atoms with Crippen molar-refractivity contribution in [1.29, 1.82) is 0 Å². The third kappa shape index (κ3) is 3.81. The molecule has 0 amide bonds. The van der Waals surface area contributed by atoms with Crippen molar-refractivity contribution in [3.8, 4) is 0 Å². The van der Waals surface area contributed by atoms with Gasteiger partial charge in [-0.3, -0.25) is 4.79 Å². The molecule has 6 nitrogen and oxygen atoms in total. The predicted octanol–water partition coefficient (Wildman–Crippen LogP) is -0.362. The van der Waals surface area contributed by atoms with E-state index in [1.807, 2.05) is 0 Å². The first-order chi connectivity index (χ1) is 7.97. The number of benzene rings is 1. The van der Waals surface area contributed by atoms with E-state index in [-0.39, 0.29) is 11.4 Å². The molecule has 0 unspecified atom stereocenters. The maximum Gasteiger partial charge on any atom is 0.323 e. The average molecular weight is 258 g/mol. The molecule has 0 spiro atoms. The zero-order valence-corrected chi connectivity index (χ0v) is 10.1. The number of sulfonamides is 1. The Balaban J connectivity index is 2.89. The standard InChI is InChI=1S/C10H14N2O4S/c1-11-7-9(10(13)14)12-17(15,16)8-5-3-2-4-6-8/h2-6,9,11-12H,7H2,1H3,(H,13,14)/t9-/m0/s1. The highest BCUT2D eigenvalue weighted by Gasteiger charge is 2.24. The number of likely N-dealkylation sites (N-methyl/N-ethyl adjacent to an activating group) is 1. The quantitative estimate of drug-likeness (QED) is 0.647. The topological polar surface area (TPSA) is 95.5 Å². The van der Waals surface area contributed by atoms with Crippen LogP contribution in [-0.2, 0) is 14.8 Å². The van der Waals surface area contributed by atoms with Crippen molar-refractivity contribution in [1.82, 2.24) is 10.0 Å². The van der Waals surface area contributed by atoms with Crippen LogP contribution in [0.3, 0.4) is 0 Å².